The minimum absolute atomic E-state index is 0.0425. The Hall–Kier alpha value is -2.03. The van der Waals surface area contributed by atoms with Crippen molar-refractivity contribution in [3.8, 4) is 0 Å². The number of fused-ring (bicyclic) bond motifs is 2. The molecule has 144 valence electrons. The summed E-state index contributed by atoms with van der Waals surface area (Å²) in [6, 6.07) is 16.1. The van der Waals surface area contributed by atoms with Gasteiger partial charge in [0.05, 0.1) is 17.1 Å². The summed E-state index contributed by atoms with van der Waals surface area (Å²) in [7, 11) is 0. The quantitative estimate of drug-likeness (QED) is 0.386. The van der Waals surface area contributed by atoms with E-state index in [9.17, 15) is 4.79 Å². The van der Waals surface area contributed by atoms with E-state index >= 15 is 0 Å². The Kier molecular flexibility index (Phi) is 6.19. The smallest absolute Gasteiger partial charge is 0.242 e. The molecule has 2 heterocycles. The number of benzene rings is 2. The van der Waals surface area contributed by atoms with Crippen LogP contribution in [0.4, 0.5) is 16.5 Å². The standard InChI is InChI=1S/C20H20N4OS3/c1-2-3-12-21-19-22-23-20(28-19)26-13-18(25)24-14-8-4-6-10-16(14)27-17-11-7-5-9-15(17)24/h4-11H,2-3,12-13H2,1H3,(H,21,22). The van der Waals surface area contributed by atoms with E-state index in [1.54, 1.807) is 11.8 Å². The minimum Gasteiger partial charge on any atom is -0.360 e. The fourth-order valence-corrected chi connectivity index (χ4v) is 5.56. The number of nitrogens with zero attached hydrogens (tertiary/aromatic N) is 3. The SMILES string of the molecule is CCCCNc1nnc(SCC(=O)N2c3ccccc3Sc3ccccc32)s1. The molecule has 0 fully saturated rings. The Morgan fingerprint density at radius 2 is 1.75 bits per heavy atom. The predicted molar refractivity (Wildman–Crippen MR) is 118 cm³/mol. The summed E-state index contributed by atoms with van der Waals surface area (Å²) in [6.07, 6.45) is 2.24. The van der Waals surface area contributed by atoms with Crippen LogP contribution < -0.4 is 10.2 Å². The lowest BCUT2D eigenvalue weighted by atomic mass is 10.2. The molecule has 0 radical (unpaired) electrons. The lowest BCUT2D eigenvalue weighted by Crippen LogP contribution is -2.29. The molecule has 0 bridgehead atoms. The number of rotatable bonds is 7. The van der Waals surface area contributed by atoms with Crippen LogP contribution >= 0.6 is 34.9 Å². The second-order valence-corrected chi connectivity index (χ2v) is 9.49. The van der Waals surface area contributed by atoms with Gasteiger partial charge in [-0.3, -0.25) is 9.69 Å². The molecule has 3 aromatic rings. The van der Waals surface area contributed by atoms with Crippen molar-refractivity contribution in [1.29, 1.82) is 0 Å². The highest BCUT2D eigenvalue weighted by molar-refractivity contribution is 8.01. The van der Waals surface area contributed by atoms with E-state index < -0.39 is 0 Å². The van der Waals surface area contributed by atoms with Crippen molar-refractivity contribution in [3.63, 3.8) is 0 Å². The topological polar surface area (TPSA) is 58.1 Å². The molecule has 1 aliphatic rings. The Bertz CT molecular complexity index is 930. The molecule has 0 saturated carbocycles. The number of amides is 1. The van der Waals surface area contributed by atoms with Crippen LogP contribution in [0, 0.1) is 0 Å². The molecule has 28 heavy (non-hydrogen) atoms. The number of para-hydroxylation sites is 2. The van der Waals surface area contributed by atoms with Crippen molar-refractivity contribution >= 4 is 57.3 Å². The number of hydrogen-bond acceptors (Lipinski definition) is 7. The largest absolute Gasteiger partial charge is 0.360 e. The lowest BCUT2D eigenvalue weighted by Gasteiger charge is -2.30. The second kappa shape index (κ2) is 8.98. The number of aromatic nitrogens is 2. The zero-order valence-corrected chi connectivity index (χ0v) is 17.9. The van der Waals surface area contributed by atoms with E-state index in [-0.39, 0.29) is 5.91 Å². The van der Waals surface area contributed by atoms with Gasteiger partial charge in [0.1, 0.15) is 0 Å². The molecule has 0 unspecified atom stereocenters. The Morgan fingerprint density at radius 3 is 2.43 bits per heavy atom. The number of unbranched alkanes of at least 4 members (excludes halogenated alkanes) is 1. The Morgan fingerprint density at radius 1 is 1.07 bits per heavy atom. The first-order valence-electron chi connectivity index (χ1n) is 9.15. The molecule has 1 N–H and O–H groups in total. The van der Waals surface area contributed by atoms with Crippen LogP contribution in [0.5, 0.6) is 0 Å². The summed E-state index contributed by atoms with van der Waals surface area (Å²) in [6.45, 7) is 3.05. The summed E-state index contributed by atoms with van der Waals surface area (Å²) in [5, 5.41) is 12.4. The first kappa shape index (κ1) is 19.3. The third kappa shape index (κ3) is 4.19. The van der Waals surface area contributed by atoms with Crippen molar-refractivity contribution < 1.29 is 4.79 Å². The van der Waals surface area contributed by atoms with Gasteiger partial charge < -0.3 is 5.32 Å². The molecule has 0 aliphatic carbocycles. The van der Waals surface area contributed by atoms with Gasteiger partial charge in [0.25, 0.3) is 0 Å². The highest BCUT2D eigenvalue weighted by Gasteiger charge is 2.27. The normalized spacial score (nSPS) is 12.4. The van der Waals surface area contributed by atoms with Crippen LogP contribution in [-0.4, -0.2) is 28.4 Å². The molecule has 1 aromatic heterocycles. The summed E-state index contributed by atoms with van der Waals surface area (Å²) >= 11 is 4.64. The van der Waals surface area contributed by atoms with E-state index in [0.717, 1.165) is 50.0 Å². The van der Waals surface area contributed by atoms with Crippen molar-refractivity contribution in [2.75, 3.05) is 22.5 Å². The van der Waals surface area contributed by atoms with Gasteiger partial charge in [0.15, 0.2) is 4.34 Å². The van der Waals surface area contributed by atoms with Gasteiger partial charge >= 0.3 is 0 Å². The van der Waals surface area contributed by atoms with Gasteiger partial charge in [-0.1, -0.05) is 72.5 Å². The van der Waals surface area contributed by atoms with E-state index in [2.05, 4.69) is 34.6 Å². The highest BCUT2D eigenvalue weighted by Crippen LogP contribution is 2.48. The van der Waals surface area contributed by atoms with E-state index in [4.69, 9.17) is 0 Å². The first-order chi connectivity index (χ1) is 13.8. The fourth-order valence-electron chi connectivity index (χ4n) is 2.87. The maximum atomic E-state index is 13.2. The van der Waals surface area contributed by atoms with Gasteiger partial charge in [0, 0.05) is 16.3 Å². The molecule has 1 aliphatic heterocycles. The molecule has 0 saturated heterocycles. The lowest BCUT2D eigenvalue weighted by molar-refractivity contribution is -0.115. The fraction of sp³-hybridized carbons (Fsp3) is 0.250. The van der Waals surface area contributed by atoms with Crippen molar-refractivity contribution in [1.82, 2.24) is 10.2 Å². The summed E-state index contributed by atoms with van der Waals surface area (Å²) in [5.41, 5.74) is 1.88. The average molecular weight is 429 g/mol. The molecular formula is C20H20N4OS3. The highest BCUT2D eigenvalue weighted by atomic mass is 32.2. The van der Waals surface area contributed by atoms with Crippen molar-refractivity contribution in [3.05, 3.63) is 48.5 Å². The first-order valence-corrected chi connectivity index (χ1v) is 11.8. The number of hydrogen-bond donors (Lipinski definition) is 1. The monoisotopic (exact) mass is 428 g/mol. The van der Waals surface area contributed by atoms with Crippen LogP contribution in [0.1, 0.15) is 19.8 Å². The van der Waals surface area contributed by atoms with Gasteiger partial charge in [-0.15, -0.1) is 10.2 Å². The van der Waals surface area contributed by atoms with E-state index in [0.29, 0.717) is 5.75 Å². The van der Waals surface area contributed by atoms with Gasteiger partial charge in [0.2, 0.25) is 11.0 Å². The van der Waals surface area contributed by atoms with Crippen LogP contribution in [0.2, 0.25) is 0 Å². The maximum Gasteiger partial charge on any atom is 0.242 e. The molecule has 2 aromatic carbocycles. The maximum absolute atomic E-state index is 13.2. The second-order valence-electron chi connectivity index (χ2n) is 6.21. The molecule has 8 heteroatoms. The van der Waals surface area contributed by atoms with Crippen LogP contribution in [0.3, 0.4) is 0 Å². The van der Waals surface area contributed by atoms with Crippen LogP contribution in [0.25, 0.3) is 0 Å². The minimum atomic E-state index is 0.0425. The summed E-state index contributed by atoms with van der Waals surface area (Å²) in [5.74, 6) is 0.359. The molecule has 1 amide bonds. The molecule has 0 atom stereocenters. The third-order valence-electron chi connectivity index (χ3n) is 4.21. The zero-order chi connectivity index (χ0) is 19.3. The van der Waals surface area contributed by atoms with Crippen molar-refractivity contribution in [2.45, 2.75) is 33.9 Å². The molecular weight excluding hydrogens is 408 g/mol. The van der Waals surface area contributed by atoms with E-state index in [1.165, 1.54) is 23.1 Å². The summed E-state index contributed by atoms with van der Waals surface area (Å²) < 4.78 is 0.806. The Balaban J connectivity index is 1.48. The molecule has 5 nitrogen and oxygen atoms in total. The number of thioether (sulfide) groups is 1. The van der Waals surface area contributed by atoms with Gasteiger partial charge in [-0.05, 0) is 30.7 Å². The Labute approximate surface area is 176 Å². The number of nitrogens with one attached hydrogen (secondary N) is 1. The number of carbonyl (C=O) groups excluding carboxylic acids is 1. The van der Waals surface area contributed by atoms with Gasteiger partial charge in [-0.25, -0.2) is 0 Å². The molecule has 4 rings (SSSR count). The summed E-state index contributed by atoms with van der Waals surface area (Å²) in [4.78, 5) is 17.2. The predicted octanol–water partition coefficient (Wildman–Crippen LogP) is 5.67. The third-order valence-corrected chi connectivity index (χ3v) is 7.34. The average Bonchev–Trinajstić information content (AvgIpc) is 3.18. The van der Waals surface area contributed by atoms with Crippen molar-refractivity contribution in [2.24, 2.45) is 0 Å². The van der Waals surface area contributed by atoms with Crippen LogP contribution in [-0.2, 0) is 4.79 Å². The zero-order valence-electron chi connectivity index (χ0n) is 15.4. The van der Waals surface area contributed by atoms with E-state index in [1.807, 2.05) is 41.3 Å². The number of anilines is 3. The van der Waals surface area contributed by atoms with Crippen LogP contribution in [0.15, 0.2) is 62.7 Å². The molecule has 0 spiro atoms. The van der Waals surface area contributed by atoms with Gasteiger partial charge in [-0.2, -0.15) is 0 Å². The number of carbonyl (C=O) groups is 1.